The quantitative estimate of drug-likeness (QED) is 0.732. The van der Waals surface area contributed by atoms with Crippen LogP contribution in [0.2, 0.25) is 0 Å². The minimum absolute atomic E-state index is 0. The maximum absolute atomic E-state index is 5.40. The highest BCUT2D eigenvalue weighted by atomic mass is 35.5. The molecule has 16 heavy (non-hydrogen) atoms. The van der Waals surface area contributed by atoms with Crippen molar-refractivity contribution in [2.24, 2.45) is 11.7 Å². The van der Waals surface area contributed by atoms with Crippen molar-refractivity contribution >= 4 is 12.4 Å². The summed E-state index contributed by atoms with van der Waals surface area (Å²) in [5.74, 6) is 0.899. The summed E-state index contributed by atoms with van der Waals surface area (Å²) in [5, 5.41) is 0. The topological polar surface area (TPSA) is 38.5 Å². The lowest BCUT2D eigenvalue weighted by Gasteiger charge is -2.34. The zero-order chi connectivity index (χ0) is 11.1. The van der Waals surface area contributed by atoms with Crippen LogP contribution in [-0.4, -0.2) is 44.3 Å². The van der Waals surface area contributed by atoms with Crippen LogP contribution in [0.15, 0.2) is 0 Å². The van der Waals surface area contributed by atoms with Crippen molar-refractivity contribution in [3.63, 3.8) is 0 Å². The summed E-state index contributed by atoms with van der Waals surface area (Å²) in [6.07, 6.45) is 5.51. The molecule has 98 valence electrons. The highest BCUT2D eigenvalue weighted by Crippen LogP contribution is 2.26. The summed E-state index contributed by atoms with van der Waals surface area (Å²) in [6, 6.07) is 0.773. The molecule has 2 N–H and O–H groups in total. The van der Waals surface area contributed by atoms with Crippen LogP contribution in [0, 0.1) is 5.92 Å². The van der Waals surface area contributed by atoms with Gasteiger partial charge in [0.1, 0.15) is 0 Å². The van der Waals surface area contributed by atoms with E-state index in [1.165, 1.54) is 25.7 Å². The molecule has 0 aliphatic heterocycles. The number of nitrogens with two attached hydrogens (primary N) is 1. The number of likely N-dealkylation sites (N-methyl/N-ethyl adjacent to an activating group) is 1. The van der Waals surface area contributed by atoms with Gasteiger partial charge >= 0.3 is 0 Å². The van der Waals surface area contributed by atoms with Gasteiger partial charge in [0.05, 0.1) is 13.2 Å². The SMILES string of the molecule is CC1CCCC(N(C)CCOCCN)C1.Cl. The second-order valence-electron chi connectivity index (χ2n) is 4.81. The van der Waals surface area contributed by atoms with Crippen LogP contribution in [0.4, 0.5) is 0 Å². The number of halogens is 1. The molecule has 1 aliphatic rings. The largest absolute Gasteiger partial charge is 0.379 e. The summed E-state index contributed by atoms with van der Waals surface area (Å²) in [5.41, 5.74) is 5.37. The molecule has 2 unspecified atom stereocenters. The van der Waals surface area contributed by atoms with Crippen molar-refractivity contribution in [3.05, 3.63) is 0 Å². The van der Waals surface area contributed by atoms with Crippen LogP contribution in [0.3, 0.4) is 0 Å². The fourth-order valence-electron chi connectivity index (χ4n) is 2.38. The molecule has 0 spiro atoms. The second-order valence-corrected chi connectivity index (χ2v) is 4.81. The molecular formula is C12H27ClN2O. The number of hydrogen-bond acceptors (Lipinski definition) is 3. The van der Waals surface area contributed by atoms with Gasteiger partial charge in [-0.1, -0.05) is 19.8 Å². The Morgan fingerprint density at radius 2 is 2.06 bits per heavy atom. The molecule has 1 aliphatic carbocycles. The zero-order valence-electron chi connectivity index (χ0n) is 10.7. The van der Waals surface area contributed by atoms with E-state index in [0.29, 0.717) is 13.2 Å². The van der Waals surface area contributed by atoms with Gasteiger partial charge in [0, 0.05) is 19.1 Å². The van der Waals surface area contributed by atoms with Gasteiger partial charge < -0.3 is 15.4 Å². The number of rotatable bonds is 6. The maximum atomic E-state index is 5.40. The summed E-state index contributed by atoms with van der Waals surface area (Å²) >= 11 is 0. The van der Waals surface area contributed by atoms with Gasteiger partial charge in [-0.15, -0.1) is 12.4 Å². The number of ether oxygens (including phenoxy) is 1. The summed E-state index contributed by atoms with van der Waals surface area (Å²) < 4.78 is 5.40. The molecule has 2 atom stereocenters. The minimum atomic E-state index is 0. The Hall–Kier alpha value is 0.170. The van der Waals surface area contributed by atoms with Crippen molar-refractivity contribution < 1.29 is 4.74 Å². The van der Waals surface area contributed by atoms with Crippen molar-refractivity contribution in [2.45, 2.75) is 38.6 Å². The van der Waals surface area contributed by atoms with E-state index in [9.17, 15) is 0 Å². The first-order valence-electron chi connectivity index (χ1n) is 6.22. The Morgan fingerprint density at radius 3 is 2.69 bits per heavy atom. The first kappa shape index (κ1) is 16.2. The first-order valence-corrected chi connectivity index (χ1v) is 6.22. The highest BCUT2D eigenvalue weighted by Gasteiger charge is 2.21. The number of nitrogens with zero attached hydrogens (tertiary/aromatic N) is 1. The molecule has 0 aromatic heterocycles. The Morgan fingerprint density at radius 1 is 1.31 bits per heavy atom. The average Bonchev–Trinajstić information content (AvgIpc) is 2.24. The Balaban J connectivity index is 0.00000225. The lowest BCUT2D eigenvalue weighted by Crippen LogP contribution is -2.37. The van der Waals surface area contributed by atoms with Crippen LogP contribution in [0.1, 0.15) is 32.6 Å². The molecule has 1 rings (SSSR count). The molecule has 0 radical (unpaired) electrons. The first-order chi connectivity index (χ1) is 7.24. The fraction of sp³-hybridized carbons (Fsp3) is 1.00. The van der Waals surface area contributed by atoms with E-state index < -0.39 is 0 Å². The van der Waals surface area contributed by atoms with E-state index in [1.807, 2.05) is 0 Å². The van der Waals surface area contributed by atoms with E-state index in [4.69, 9.17) is 10.5 Å². The van der Waals surface area contributed by atoms with E-state index in [0.717, 1.165) is 25.1 Å². The second kappa shape index (κ2) is 9.23. The molecule has 3 nitrogen and oxygen atoms in total. The predicted octanol–water partition coefficient (Wildman–Crippen LogP) is 1.89. The maximum Gasteiger partial charge on any atom is 0.0594 e. The summed E-state index contributed by atoms with van der Waals surface area (Å²) in [6.45, 7) is 5.54. The molecule has 4 heteroatoms. The van der Waals surface area contributed by atoms with E-state index >= 15 is 0 Å². The van der Waals surface area contributed by atoms with Crippen molar-refractivity contribution in [1.29, 1.82) is 0 Å². The van der Waals surface area contributed by atoms with Gasteiger partial charge in [-0.2, -0.15) is 0 Å². The molecule has 0 saturated heterocycles. The van der Waals surface area contributed by atoms with Gasteiger partial charge in [-0.3, -0.25) is 0 Å². The standard InChI is InChI=1S/C12H26N2O.ClH/c1-11-4-3-5-12(10-11)14(2)7-9-15-8-6-13;/h11-12H,3-10,13H2,1-2H3;1H. The molecule has 0 aromatic carbocycles. The van der Waals surface area contributed by atoms with Crippen LogP contribution in [0.5, 0.6) is 0 Å². The van der Waals surface area contributed by atoms with Crippen molar-refractivity contribution in [3.8, 4) is 0 Å². The highest BCUT2D eigenvalue weighted by molar-refractivity contribution is 5.85. The van der Waals surface area contributed by atoms with Crippen LogP contribution < -0.4 is 5.73 Å². The third-order valence-electron chi connectivity index (χ3n) is 3.38. The molecule has 0 aromatic rings. The fourth-order valence-corrected chi connectivity index (χ4v) is 2.38. The molecule has 0 heterocycles. The molecule has 1 saturated carbocycles. The monoisotopic (exact) mass is 250 g/mol. The van der Waals surface area contributed by atoms with Gasteiger partial charge in [0.2, 0.25) is 0 Å². The normalized spacial score (nSPS) is 25.5. The third kappa shape index (κ3) is 6.04. The van der Waals surface area contributed by atoms with Gasteiger partial charge in [-0.05, 0) is 25.8 Å². The van der Waals surface area contributed by atoms with Crippen molar-refractivity contribution in [2.75, 3.05) is 33.4 Å². The molecular weight excluding hydrogens is 224 g/mol. The Kier molecular flexibility index (Phi) is 9.32. The lowest BCUT2D eigenvalue weighted by molar-refractivity contribution is 0.0877. The lowest BCUT2D eigenvalue weighted by atomic mass is 9.86. The van der Waals surface area contributed by atoms with E-state index in [-0.39, 0.29) is 12.4 Å². The van der Waals surface area contributed by atoms with E-state index in [1.54, 1.807) is 0 Å². The zero-order valence-corrected chi connectivity index (χ0v) is 11.5. The van der Waals surface area contributed by atoms with Crippen LogP contribution in [0.25, 0.3) is 0 Å². The van der Waals surface area contributed by atoms with Gasteiger partial charge in [-0.25, -0.2) is 0 Å². The predicted molar refractivity (Wildman–Crippen MR) is 71.2 cm³/mol. The van der Waals surface area contributed by atoms with Crippen LogP contribution in [-0.2, 0) is 4.74 Å². The van der Waals surface area contributed by atoms with Gasteiger partial charge in [0.15, 0.2) is 0 Å². The molecule has 0 bridgehead atoms. The number of hydrogen-bond donors (Lipinski definition) is 1. The third-order valence-corrected chi connectivity index (χ3v) is 3.38. The molecule has 1 fully saturated rings. The smallest absolute Gasteiger partial charge is 0.0594 e. The summed E-state index contributed by atoms with van der Waals surface area (Å²) in [7, 11) is 2.22. The van der Waals surface area contributed by atoms with Crippen molar-refractivity contribution in [1.82, 2.24) is 4.90 Å². The van der Waals surface area contributed by atoms with Crippen LogP contribution >= 0.6 is 12.4 Å². The Bertz CT molecular complexity index is 169. The van der Waals surface area contributed by atoms with E-state index in [2.05, 4.69) is 18.9 Å². The minimum Gasteiger partial charge on any atom is -0.379 e. The average molecular weight is 251 g/mol. The molecule has 0 amide bonds. The van der Waals surface area contributed by atoms with Gasteiger partial charge in [0.25, 0.3) is 0 Å². The summed E-state index contributed by atoms with van der Waals surface area (Å²) in [4.78, 5) is 2.45. The Labute approximate surface area is 106 Å².